The summed E-state index contributed by atoms with van der Waals surface area (Å²) in [5, 5.41) is 3.98. The van der Waals surface area contributed by atoms with Crippen LogP contribution < -0.4 is 14.4 Å². The Morgan fingerprint density at radius 1 is 0.909 bits per heavy atom. The standard InChI is InChI=1S/C25H30ClN3O3S/c1-20-8-14-23(15-9-20)33(30,31)29(18-17-28(2)3)25-7-5-4-6-24(25)27-16-19-32-22-12-10-21(26)11-13-22/h4-15,27H,16-19H2,1-3H3. The molecule has 0 fully saturated rings. The van der Waals surface area contributed by atoms with Gasteiger partial charge in [0.2, 0.25) is 0 Å². The van der Waals surface area contributed by atoms with E-state index in [-0.39, 0.29) is 4.90 Å². The Balaban J connectivity index is 1.80. The molecule has 6 nitrogen and oxygen atoms in total. The predicted octanol–water partition coefficient (Wildman–Crippen LogP) is 4.90. The van der Waals surface area contributed by atoms with Crippen LogP contribution in [0.15, 0.2) is 77.7 Å². The van der Waals surface area contributed by atoms with Crippen LogP contribution in [0.2, 0.25) is 5.02 Å². The number of ether oxygens (including phenoxy) is 1. The highest BCUT2D eigenvalue weighted by molar-refractivity contribution is 7.92. The molecule has 0 amide bonds. The number of hydrogen-bond donors (Lipinski definition) is 1. The van der Waals surface area contributed by atoms with Crippen molar-refractivity contribution in [2.75, 3.05) is 50.0 Å². The van der Waals surface area contributed by atoms with E-state index in [1.807, 2.05) is 74.4 Å². The van der Waals surface area contributed by atoms with Gasteiger partial charge < -0.3 is 15.0 Å². The molecule has 0 saturated heterocycles. The molecule has 3 aromatic carbocycles. The third-order valence-electron chi connectivity index (χ3n) is 5.03. The second-order valence-corrected chi connectivity index (χ2v) is 10.2. The number of halogens is 1. The molecule has 0 saturated carbocycles. The number of nitrogens with zero attached hydrogens (tertiary/aromatic N) is 2. The second-order valence-electron chi connectivity index (χ2n) is 7.94. The molecule has 0 atom stereocenters. The summed E-state index contributed by atoms with van der Waals surface area (Å²) in [6, 6.07) is 21.6. The second kappa shape index (κ2) is 11.4. The lowest BCUT2D eigenvalue weighted by Gasteiger charge is -2.28. The molecule has 0 aliphatic rings. The van der Waals surface area contributed by atoms with Crippen LogP contribution in [-0.2, 0) is 10.0 Å². The number of rotatable bonds is 11. The van der Waals surface area contributed by atoms with Gasteiger partial charge in [-0.3, -0.25) is 4.31 Å². The fourth-order valence-corrected chi connectivity index (χ4v) is 4.83. The third-order valence-corrected chi connectivity index (χ3v) is 7.11. The Bertz CT molecular complexity index is 1130. The van der Waals surface area contributed by atoms with E-state index in [4.69, 9.17) is 16.3 Å². The van der Waals surface area contributed by atoms with Crippen LogP contribution in [0, 0.1) is 6.92 Å². The Kier molecular flexibility index (Phi) is 8.61. The number of hydrogen-bond acceptors (Lipinski definition) is 5. The topological polar surface area (TPSA) is 61.9 Å². The van der Waals surface area contributed by atoms with Gasteiger partial charge in [0.25, 0.3) is 10.0 Å². The first-order chi connectivity index (χ1) is 15.8. The molecule has 0 heterocycles. The van der Waals surface area contributed by atoms with E-state index in [2.05, 4.69) is 5.32 Å². The number of likely N-dealkylation sites (N-methyl/N-ethyl adjacent to an activating group) is 1. The van der Waals surface area contributed by atoms with Gasteiger partial charge in [0, 0.05) is 24.7 Å². The highest BCUT2D eigenvalue weighted by Crippen LogP contribution is 2.30. The van der Waals surface area contributed by atoms with Crippen molar-refractivity contribution in [1.82, 2.24) is 4.90 Å². The summed E-state index contributed by atoms with van der Waals surface area (Å²) in [6.45, 7) is 3.76. The van der Waals surface area contributed by atoms with Crippen LogP contribution in [-0.4, -0.2) is 53.7 Å². The van der Waals surface area contributed by atoms with Crippen LogP contribution in [0.1, 0.15) is 5.56 Å². The normalized spacial score (nSPS) is 11.4. The maximum absolute atomic E-state index is 13.6. The van der Waals surface area contributed by atoms with Crippen LogP contribution >= 0.6 is 11.6 Å². The molecule has 8 heteroatoms. The lowest BCUT2D eigenvalue weighted by atomic mass is 10.2. The average molecular weight is 488 g/mol. The smallest absolute Gasteiger partial charge is 0.264 e. The Morgan fingerprint density at radius 2 is 1.58 bits per heavy atom. The summed E-state index contributed by atoms with van der Waals surface area (Å²) in [5.74, 6) is 0.726. The summed E-state index contributed by atoms with van der Waals surface area (Å²) >= 11 is 5.91. The van der Waals surface area contributed by atoms with Gasteiger partial charge in [0.05, 0.1) is 16.3 Å². The van der Waals surface area contributed by atoms with E-state index in [1.165, 1.54) is 4.31 Å². The highest BCUT2D eigenvalue weighted by atomic mass is 35.5. The largest absolute Gasteiger partial charge is 0.492 e. The van der Waals surface area contributed by atoms with Crippen molar-refractivity contribution in [3.63, 3.8) is 0 Å². The quantitative estimate of drug-likeness (QED) is 0.390. The zero-order chi connectivity index (χ0) is 23.8. The summed E-state index contributed by atoms with van der Waals surface area (Å²) in [4.78, 5) is 2.24. The van der Waals surface area contributed by atoms with Gasteiger partial charge in [0.1, 0.15) is 12.4 Å². The van der Waals surface area contributed by atoms with Crippen LogP contribution in [0.5, 0.6) is 5.75 Å². The van der Waals surface area contributed by atoms with Gasteiger partial charge >= 0.3 is 0 Å². The average Bonchev–Trinajstić information content (AvgIpc) is 2.79. The number of aryl methyl sites for hydroxylation is 1. The van der Waals surface area contributed by atoms with Crippen molar-refractivity contribution in [2.45, 2.75) is 11.8 Å². The molecule has 0 bridgehead atoms. The van der Waals surface area contributed by atoms with Crippen molar-refractivity contribution >= 4 is 33.0 Å². The Hall–Kier alpha value is -2.74. The molecule has 0 aliphatic heterocycles. The Morgan fingerprint density at radius 3 is 2.24 bits per heavy atom. The zero-order valence-corrected chi connectivity index (χ0v) is 20.7. The van der Waals surface area contributed by atoms with Gasteiger partial charge in [-0.1, -0.05) is 41.4 Å². The predicted molar refractivity (Wildman–Crippen MR) is 136 cm³/mol. The minimum Gasteiger partial charge on any atom is -0.492 e. The summed E-state index contributed by atoms with van der Waals surface area (Å²) in [5.41, 5.74) is 2.34. The van der Waals surface area contributed by atoms with Crippen LogP contribution in [0.3, 0.4) is 0 Å². The highest BCUT2D eigenvalue weighted by Gasteiger charge is 2.26. The van der Waals surface area contributed by atoms with E-state index in [9.17, 15) is 8.42 Å². The van der Waals surface area contributed by atoms with Crippen LogP contribution in [0.25, 0.3) is 0 Å². The zero-order valence-electron chi connectivity index (χ0n) is 19.2. The minimum atomic E-state index is -3.74. The van der Waals surface area contributed by atoms with Gasteiger partial charge in [-0.25, -0.2) is 8.42 Å². The van der Waals surface area contributed by atoms with E-state index >= 15 is 0 Å². The number of para-hydroxylation sites is 2. The molecule has 176 valence electrons. The van der Waals surface area contributed by atoms with Crippen LogP contribution in [0.4, 0.5) is 11.4 Å². The molecular weight excluding hydrogens is 458 g/mol. The van der Waals surface area contributed by atoms with E-state index in [1.54, 1.807) is 24.3 Å². The monoisotopic (exact) mass is 487 g/mol. The first-order valence-electron chi connectivity index (χ1n) is 10.7. The fraction of sp³-hybridized carbons (Fsp3) is 0.280. The molecular formula is C25H30ClN3O3S. The van der Waals surface area contributed by atoms with Crippen molar-refractivity contribution < 1.29 is 13.2 Å². The molecule has 0 aromatic heterocycles. The van der Waals surface area contributed by atoms with Crippen molar-refractivity contribution in [3.05, 3.63) is 83.4 Å². The number of sulfonamides is 1. The Labute approximate surface area is 201 Å². The number of anilines is 2. The van der Waals surface area contributed by atoms with Gasteiger partial charge in [-0.15, -0.1) is 0 Å². The number of benzene rings is 3. The lowest BCUT2D eigenvalue weighted by molar-refractivity contribution is 0.333. The maximum atomic E-state index is 13.6. The molecule has 0 spiro atoms. The molecule has 0 radical (unpaired) electrons. The third kappa shape index (κ3) is 6.87. The maximum Gasteiger partial charge on any atom is 0.264 e. The first-order valence-corrected chi connectivity index (χ1v) is 12.5. The van der Waals surface area contributed by atoms with E-state index < -0.39 is 10.0 Å². The van der Waals surface area contributed by atoms with Gasteiger partial charge in [0.15, 0.2) is 0 Å². The lowest BCUT2D eigenvalue weighted by Crippen LogP contribution is -2.37. The SMILES string of the molecule is Cc1ccc(S(=O)(=O)N(CCN(C)C)c2ccccc2NCCOc2ccc(Cl)cc2)cc1. The van der Waals surface area contributed by atoms with Gasteiger partial charge in [-0.05, 0) is 69.6 Å². The molecule has 3 aromatic rings. The van der Waals surface area contributed by atoms with Crippen molar-refractivity contribution in [2.24, 2.45) is 0 Å². The minimum absolute atomic E-state index is 0.271. The van der Waals surface area contributed by atoms with Crippen molar-refractivity contribution in [1.29, 1.82) is 0 Å². The molecule has 33 heavy (non-hydrogen) atoms. The number of nitrogens with one attached hydrogen (secondary N) is 1. The summed E-state index contributed by atoms with van der Waals surface area (Å²) in [6.07, 6.45) is 0. The fourth-order valence-electron chi connectivity index (χ4n) is 3.22. The van der Waals surface area contributed by atoms with E-state index in [0.29, 0.717) is 37.0 Å². The first kappa shape index (κ1) is 24.9. The summed E-state index contributed by atoms with van der Waals surface area (Å²) < 4.78 is 34.4. The molecule has 0 unspecified atom stereocenters. The summed E-state index contributed by atoms with van der Waals surface area (Å²) in [7, 11) is 0.107. The van der Waals surface area contributed by atoms with Gasteiger partial charge in [-0.2, -0.15) is 0 Å². The molecule has 3 rings (SSSR count). The van der Waals surface area contributed by atoms with Crippen molar-refractivity contribution in [3.8, 4) is 5.75 Å². The molecule has 1 N–H and O–H groups in total. The van der Waals surface area contributed by atoms with E-state index in [0.717, 1.165) is 17.0 Å². The molecule has 0 aliphatic carbocycles.